The van der Waals surface area contributed by atoms with Gasteiger partial charge >= 0.3 is 5.97 Å². The number of benzene rings is 1. The van der Waals surface area contributed by atoms with Crippen LogP contribution in [0.5, 0.6) is 5.75 Å². The lowest BCUT2D eigenvalue weighted by molar-refractivity contribution is -0.147. The van der Waals surface area contributed by atoms with Gasteiger partial charge in [0.25, 0.3) is 5.91 Å². The smallest absolute Gasteiger partial charge is 0.311 e. The summed E-state index contributed by atoms with van der Waals surface area (Å²) < 4.78 is 11.2. The van der Waals surface area contributed by atoms with E-state index in [1.165, 1.54) is 0 Å². The Morgan fingerprint density at radius 3 is 2.50 bits per heavy atom. The Hall–Kier alpha value is -2.08. The first-order valence-electron chi connectivity index (χ1n) is 8.35. The Labute approximate surface area is 141 Å². The van der Waals surface area contributed by atoms with Crippen molar-refractivity contribution in [2.45, 2.75) is 32.3 Å². The van der Waals surface area contributed by atoms with Gasteiger partial charge in [-0.3, -0.25) is 9.59 Å². The number of carbonyl (C=O) groups excluding carboxylic acids is 1. The molecule has 6 nitrogen and oxygen atoms in total. The number of ether oxygens (including phenoxy) is 2. The van der Waals surface area contributed by atoms with Crippen LogP contribution in [0, 0.1) is 5.41 Å². The largest absolute Gasteiger partial charge is 0.490 e. The number of rotatable bonds is 4. The van der Waals surface area contributed by atoms with Crippen molar-refractivity contribution in [3.63, 3.8) is 0 Å². The lowest BCUT2D eigenvalue weighted by atomic mass is 9.90. The van der Waals surface area contributed by atoms with Crippen LogP contribution in [0.1, 0.15) is 36.5 Å². The van der Waals surface area contributed by atoms with Gasteiger partial charge in [0.2, 0.25) is 0 Å². The molecule has 0 spiro atoms. The summed E-state index contributed by atoms with van der Waals surface area (Å²) in [5.41, 5.74) is -0.286. The molecule has 3 rings (SSSR count). The first kappa shape index (κ1) is 16.8. The van der Waals surface area contributed by atoms with E-state index in [4.69, 9.17) is 9.47 Å². The SMILES string of the molecule is CC1(C(=O)O)CCN(C(=O)c2ccc(OC3CCOCC3)cc2)C1. The molecule has 0 bridgehead atoms. The first-order valence-corrected chi connectivity index (χ1v) is 8.35. The first-order chi connectivity index (χ1) is 11.5. The van der Waals surface area contributed by atoms with Crippen molar-refractivity contribution in [3.05, 3.63) is 29.8 Å². The second-order valence-corrected chi connectivity index (χ2v) is 6.80. The second-order valence-electron chi connectivity index (χ2n) is 6.80. The highest BCUT2D eigenvalue weighted by atomic mass is 16.5. The summed E-state index contributed by atoms with van der Waals surface area (Å²) in [4.78, 5) is 25.4. The van der Waals surface area contributed by atoms with Crippen LogP contribution in [-0.2, 0) is 9.53 Å². The predicted molar refractivity (Wildman–Crippen MR) is 87.2 cm³/mol. The number of nitrogens with zero attached hydrogens (tertiary/aromatic N) is 1. The van der Waals surface area contributed by atoms with Crippen LogP contribution >= 0.6 is 0 Å². The minimum absolute atomic E-state index is 0.127. The van der Waals surface area contributed by atoms with Gasteiger partial charge in [-0.15, -0.1) is 0 Å². The van der Waals surface area contributed by atoms with E-state index in [1.807, 2.05) is 0 Å². The van der Waals surface area contributed by atoms with E-state index < -0.39 is 11.4 Å². The summed E-state index contributed by atoms with van der Waals surface area (Å²) >= 11 is 0. The number of amides is 1. The van der Waals surface area contributed by atoms with Gasteiger partial charge in [-0.05, 0) is 37.6 Å². The van der Waals surface area contributed by atoms with E-state index in [9.17, 15) is 14.7 Å². The van der Waals surface area contributed by atoms with Crippen molar-refractivity contribution in [2.24, 2.45) is 5.41 Å². The van der Waals surface area contributed by atoms with Crippen molar-refractivity contribution < 1.29 is 24.2 Å². The molecule has 0 saturated carbocycles. The molecular formula is C18H23NO5. The van der Waals surface area contributed by atoms with Crippen molar-refractivity contribution in [2.75, 3.05) is 26.3 Å². The van der Waals surface area contributed by atoms with Gasteiger partial charge < -0.3 is 19.5 Å². The fraction of sp³-hybridized carbons (Fsp3) is 0.556. The zero-order valence-electron chi connectivity index (χ0n) is 13.9. The number of carboxylic acids is 1. The van der Waals surface area contributed by atoms with Gasteiger partial charge in [-0.1, -0.05) is 0 Å². The zero-order valence-corrected chi connectivity index (χ0v) is 13.9. The maximum Gasteiger partial charge on any atom is 0.311 e. The summed E-state index contributed by atoms with van der Waals surface area (Å²) in [7, 11) is 0. The molecule has 1 unspecified atom stereocenters. The molecule has 2 heterocycles. The highest BCUT2D eigenvalue weighted by Gasteiger charge is 2.42. The fourth-order valence-corrected chi connectivity index (χ4v) is 3.15. The van der Waals surface area contributed by atoms with Gasteiger partial charge in [0.15, 0.2) is 0 Å². The highest BCUT2D eigenvalue weighted by molar-refractivity contribution is 5.95. The molecule has 1 atom stereocenters. The number of carboxylic acid groups (broad SMARTS) is 1. The molecule has 1 N–H and O–H groups in total. The standard InChI is InChI=1S/C18H23NO5/c1-18(17(21)22)8-9-19(12-18)16(20)13-2-4-14(5-3-13)24-15-6-10-23-11-7-15/h2-5,15H,6-12H2,1H3,(H,21,22). The summed E-state index contributed by atoms with van der Waals surface area (Å²) in [6, 6.07) is 7.09. The van der Waals surface area contributed by atoms with E-state index in [2.05, 4.69) is 0 Å². The maximum absolute atomic E-state index is 12.5. The van der Waals surface area contributed by atoms with Crippen LogP contribution in [0.2, 0.25) is 0 Å². The number of hydrogen-bond acceptors (Lipinski definition) is 4. The Bertz CT molecular complexity index is 608. The van der Waals surface area contributed by atoms with Crippen molar-refractivity contribution in [1.82, 2.24) is 4.90 Å². The molecule has 1 aromatic rings. The van der Waals surface area contributed by atoms with Crippen LogP contribution < -0.4 is 4.74 Å². The van der Waals surface area contributed by atoms with Gasteiger partial charge in [0, 0.05) is 31.5 Å². The molecule has 2 aliphatic heterocycles. The van der Waals surface area contributed by atoms with Gasteiger partial charge in [0.05, 0.1) is 18.6 Å². The average molecular weight is 333 g/mol. The Balaban J connectivity index is 1.61. The molecule has 0 aromatic heterocycles. The number of aliphatic carboxylic acids is 1. The quantitative estimate of drug-likeness (QED) is 0.914. The molecule has 130 valence electrons. The van der Waals surface area contributed by atoms with E-state index in [-0.39, 0.29) is 18.6 Å². The molecule has 2 fully saturated rings. The number of likely N-dealkylation sites (tertiary alicyclic amines) is 1. The molecule has 1 amide bonds. The lowest BCUT2D eigenvalue weighted by Gasteiger charge is -2.23. The minimum Gasteiger partial charge on any atom is -0.490 e. The third-order valence-electron chi connectivity index (χ3n) is 4.85. The zero-order chi connectivity index (χ0) is 17.2. The average Bonchev–Trinajstić information content (AvgIpc) is 3.00. The second kappa shape index (κ2) is 6.81. The third kappa shape index (κ3) is 3.53. The van der Waals surface area contributed by atoms with Gasteiger partial charge in [-0.25, -0.2) is 0 Å². The monoisotopic (exact) mass is 333 g/mol. The van der Waals surface area contributed by atoms with Gasteiger partial charge in [-0.2, -0.15) is 0 Å². The normalized spacial score (nSPS) is 24.8. The topological polar surface area (TPSA) is 76.1 Å². The van der Waals surface area contributed by atoms with Gasteiger partial charge in [0.1, 0.15) is 11.9 Å². The summed E-state index contributed by atoms with van der Waals surface area (Å²) in [5.74, 6) is -0.231. The molecule has 1 aromatic carbocycles. The van der Waals surface area contributed by atoms with Crippen molar-refractivity contribution in [3.8, 4) is 5.75 Å². The van der Waals surface area contributed by atoms with Crippen LogP contribution in [0.3, 0.4) is 0 Å². The molecule has 0 radical (unpaired) electrons. The number of hydrogen-bond donors (Lipinski definition) is 1. The molecule has 24 heavy (non-hydrogen) atoms. The Kier molecular flexibility index (Phi) is 4.76. The minimum atomic E-state index is -0.849. The Morgan fingerprint density at radius 2 is 1.92 bits per heavy atom. The van der Waals surface area contributed by atoms with Crippen molar-refractivity contribution >= 4 is 11.9 Å². The lowest BCUT2D eigenvalue weighted by Crippen LogP contribution is -2.34. The van der Waals surface area contributed by atoms with E-state index in [0.29, 0.717) is 18.5 Å². The highest BCUT2D eigenvalue weighted by Crippen LogP contribution is 2.31. The molecular weight excluding hydrogens is 310 g/mol. The van der Waals surface area contributed by atoms with Crippen molar-refractivity contribution in [1.29, 1.82) is 0 Å². The molecule has 6 heteroatoms. The molecule has 0 aliphatic carbocycles. The molecule has 2 aliphatic rings. The van der Waals surface area contributed by atoms with E-state index in [1.54, 1.807) is 36.1 Å². The van der Waals surface area contributed by atoms with Crippen LogP contribution in [0.15, 0.2) is 24.3 Å². The maximum atomic E-state index is 12.5. The third-order valence-corrected chi connectivity index (χ3v) is 4.85. The van der Waals surface area contributed by atoms with Crippen LogP contribution in [-0.4, -0.2) is 54.3 Å². The van der Waals surface area contributed by atoms with E-state index in [0.717, 1.165) is 31.8 Å². The summed E-state index contributed by atoms with van der Waals surface area (Å²) in [6.07, 6.45) is 2.40. The van der Waals surface area contributed by atoms with Crippen LogP contribution in [0.25, 0.3) is 0 Å². The summed E-state index contributed by atoms with van der Waals surface area (Å²) in [6.45, 7) is 3.86. The fourth-order valence-electron chi connectivity index (χ4n) is 3.15. The number of carbonyl (C=O) groups is 2. The van der Waals surface area contributed by atoms with E-state index >= 15 is 0 Å². The molecule has 2 saturated heterocycles. The van der Waals surface area contributed by atoms with Crippen LogP contribution in [0.4, 0.5) is 0 Å². The Morgan fingerprint density at radius 1 is 1.25 bits per heavy atom. The predicted octanol–water partition coefficient (Wildman–Crippen LogP) is 2.18. The summed E-state index contributed by atoms with van der Waals surface area (Å²) in [5, 5.41) is 9.27.